The predicted molar refractivity (Wildman–Crippen MR) is 84.3 cm³/mol. The Bertz CT molecular complexity index is 454. The van der Waals surface area contributed by atoms with Crippen LogP contribution in [0.4, 0.5) is 5.69 Å². The van der Waals surface area contributed by atoms with Gasteiger partial charge in [-0.25, -0.2) is 0 Å². The Balaban J connectivity index is 1.79. The highest BCUT2D eigenvalue weighted by Gasteiger charge is 2.14. The minimum Gasteiger partial charge on any atom is -0.376 e. The number of benzene rings is 1. The molecule has 0 saturated heterocycles. The molecule has 0 bridgehead atoms. The SMILES string of the molecule is Cc1cc(Cl)ccc1NCC(=O)NC1CCCCCC1. The number of anilines is 1. The van der Waals surface area contributed by atoms with Crippen LogP contribution in [-0.2, 0) is 4.79 Å². The minimum atomic E-state index is 0.0752. The minimum absolute atomic E-state index is 0.0752. The number of halogens is 1. The molecule has 0 aliphatic heterocycles. The van der Waals surface area contributed by atoms with Crippen molar-refractivity contribution >= 4 is 23.2 Å². The first-order valence-corrected chi connectivity index (χ1v) is 7.82. The molecule has 2 rings (SSSR count). The van der Waals surface area contributed by atoms with Crippen molar-refractivity contribution in [1.82, 2.24) is 5.32 Å². The smallest absolute Gasteiger partial charge is 0.239 e. The summed E-state index contributed by atoms with van der Waals surface area (Å²) < 4.78 is 0. The summed E-state index contributed by atoms with van der Waals surface area (Å²) in [5.74, 6) is 0.0752. The lowest BCUT2D eigenvalue weighted by atomic mass is 10.1. The third-order valence-electron chi connectivity index (χ3n) is 3.85. The lowest BCUT2D eigenvalue weighted by molar-refractivity contribution is -0.120. The van der Waals surface area contributed by atoms with E-state index < -0.39 is 0 Å². The fraction of sp³-hybridized carbons (Fsp3) is 0.562. The van der Waals surface area contributed by atoms with Crippen molar-refractivity contribution in [1.29, 1.82) is 0 Å². The molecule has 3 nitrogen and oxygen atoms in total. The van der Waals surface area contributed by atoms with E-state index in [0.717, 1.165) is 29.1 Å². The van der Waals surface area contributed by atoms with Crippen molar-refractivity contribution in [3.8, 4) is 0 Å². The number of hydrogen-bond acceptors (Lipinski definition) is 2. The van der Waals surface area contributed by atoms with Gasteiger partial charge in [-0.1, -0.05) is 37.3 Å². The monoisotopic (exact) mass is 294 g/mol. The quantitative estimate of drug-likeness (QED) is 0.827. The van der Waals surface area contributed by atoms with Gasteiger partial charge in [0.05, 0.1) is 6.54 Å². The predicted octanol–water partition coefficient (Wildman–Crippen LogP) is 3.90. The highest BCUT2D eigenvalue weighted by Crippen LogP contribution is 2.19. The van der Waals surface area contributed by atoms with Gasteiger partial charge in [0.1, 0.15) is 0 Å². The van der Waals surface area contributed by atoms with Crippen molar-refractivity contribution in [2.24, 2.45) is 0 Å². The van der Waals surface area contributed by atoms with Crippen LogP contribution in [0.5, 0.6) is 0 Å². The Morgan fingerprint density at radius 2 is 1.95 bits per heavy atom. The normalized spacial score (nSPS) is 16.5. The van der Waals surface area contributed by atoms with Gasteiger partial charge in [-0.15, -0.1) is 0 Å². The van der Waals surface area contributed by atoms with Gasteiger partial charge in [0.2, 0.25) is 5.91 Å². The van der Waals surface area contributed by atoms with Gasteiger partial charge < -0.3 is 10.6 Å². The van der Waals surface area contributed by atoms with Crippen LogP contribution >= 0.6 is 11.6 Å². The van der Waals surface area contributed by atoms with Crippen LogP contribution in [0.2, 0.25) is 5.02 Å². The zero-order valence-corrected chi connectivity index (χ0v) is 12.8. The summed E-state index contributed by atoms with van der Waals surface area (Å²) in [6.45, 7) is 2.30. The number of nitrogens with one attached hydrogen (secondary N) is 2. The molecular formula is C16H23ClN2O. The van der Waals surface area contributed by atoms with E-state index in [2.05, 4.69) is 10.6 Å². The lowest BCUT2D eigenvalue weighted by Crippen LogP contribution is -2.38. The molecule has 1 amide bonds. The maximum Gasteiger partial charge on any atom is 0.239 e. The number of aryl methyl sites for hydroxylation is 1. The van der Waals surface area contributed by atoms with Gasteiger partial charge in [0.25, 0.3) is 0 Å². The largest absolute Gasteiger partial charge is 0.376 e. The molecule has 1 fully saturated rings. The fourth-order valence-electron chi connectivity index (χ4n) is 2.70. The molecule has 20 heavy (non-hydrogen) atoms. The lowest BCUT2D eigenvalue weighted by Gasteiger charge is -2.17. The van der Waals surface area contributed by atoms with Crippen molar-refractivity contribution in [3.05, 3.63) is 28.8 Å². The van der Waals surface area contributed by atoms with Crippen LogP contribution < -0.4 is 10.6 Å². The molecule has 1 saturated carbocycles. The Hall–Kier alpha value is -1.22. The number of amides is 1. The average Bonchev–Trinajstić information content (AvgIpc) is 2.66. The Labute approximate surface area is 126 Å². The fourth-order valence-corrected chi connectivity index (χ4v) is 2.93. The topological polar surface area (TPSA) is 41.1 Å². The molecule has 1 aliphatic rings. The third-order valence-corrected chi connectivity index (χ3v) is 4.08. The zero-order chi connectivity index (χ0) is 14.4. The van der Waals surface area contributed by atoms with Crippen LogP contribution in [0.3, 0.4) is 0 Å². The highest BCUT2D eigenvalue weighted by molar-refractivity contribution is 6.30. The zero-order valence-electron chi connectivity index (χ0n) is 12.0. The van der Waals surface area contributed by atoms with Gasteiger partial charge in [-0.3, -0.25) is 4.79 Å². The molecule has 2 N–H and O–H groups in total. The average molecular weight is 295 g/mol. The molecule has 0 unspecified atom stereocenters. The first-order valence-electron chi connectivity index (χ1n) is 7.44. The summed E-state index contributed by atoms with van der Waals surface area (Å²) in [7, 11) is 0. The molecule has 0 spiro atoms. The summed E-state index contributed by atoms with van der Waals surface area (Å²) >= 11 is 5.92. The van der Waals surface area contributed by atoms with Crippen molar-refractivity contribution < 1.29 is 4.79 Å². The van der Waals surface area contributed by atoms with E-state index in [-0.39, 0.29) is 5.91 Å². The number of hydrogen-bond donors (Lipinski definition) is 2. The number of rotatable bonds is 4. The van der Waals surface area contributed by atoms with Gasteiger partial charge in [0, 0.05) is 16.8 Å². The summed E-state index contributed by atoms with van der Waals surface area (Å²) in [6.07, 6.45) is 7.30. The second kappa shape index (κ2) is 7.53. The molecule has 1 aliphatic carbocycles. The van der Waals surface area contributed by atoms with Crippen LogP contribution in [0.25, 0.3) is 0 Å². The molecule has 0 atom stereocenters. The molecule has 110 valence electrons. The first kappa shape index (κ1) is 15.2. The van der Waals surface area contributed by atoms with E-state index in [9.17, 15) is 4.79 Å². The van der Waals surface area contributed by atoms with Gasteiger partial charge in [-0.05, 0) is 43.5 Å². The maximum absolute atomic E-state index is 12.0. The van der Waals surface area contributed by atoms with E-state index in [1.165, 1.54) is 25.7 Å². The van der Waals surface area contributed by atoms with Crippen LogP contribution in [0, 0.1) is 6.92 Å². The Morgan fingerprint density at radius 1 is 1.25 bits per heavy atom. The van der Waals surface area contributed by atoms with E-state index in [0.29, 0.717) is 12.6 Å². The Kier molecular flexibility index (Phi) is 5.72. The molecule has 4 heteroatoms. The second-order valence-electron chi connectivity index (χ2n) is 5.57. The Morgan fingerprint density at radius 3 is 2.60 bits per heavy atom. The summed E-state index contributed by atoms with van der Waals surface area (Å²) in [5, 5.41) is 7.03. The van der Waals surface area contributed by atoms with Crippen molar-refractivity contribution in [2.45, 2.75) is 51.5 Å². The summed E-state index contributed by atoms with van der Waals surface area (Å²) in [6, 6.07) is 6.00. The molecule has 0 radical (unpaired) electrons. The van der Waals surface area contributed by atoms with E-state index in [1.807, 2.05) is 25.1 Å². The summed E-state index contributed by atoms with van der Waals surface area (Å²) in [4.78, 5) is 12.0. The van der Waals surface area contributed by atoms with Crippen LogP contribution in [0.15, 0.2) is 18.2 Å². The van der Waals surface area contributed by atoms with E-state index in [4.69, 9.17) is 11.6 Å². The van der Waals surface area contributed by atoms with Gasteiger partial charge in [0.15, 0.2) is 0 Å². The number of carbonyl (C=O) groups is 1. The molecule has 0 heterocycles. The first-order chi connectivity index (χ1) is 9.65. The summed E-state index contributed by atoms with van der Waals surface area (Å²) in [5.41, 5.74) is 2.02. The second-order valence-corrected chi connectivity index (χ2v) is 6.01. The van der Waals surface area contributed by atoms with Crippen LogP contribution in [0.1, 0.15) is 44.1 Å². The van der Waals surface area contributed by atoms with Crippen LogP contribution in [-0.4, -0.2) is 18.5 Å². The molecular weight excluding hydrogens is 272 g/mol. The van der Waals surface area contributed by atoms with E-state index in [1.54, 1.807) is 0 Å². The van der Waals surface area contributed by atoms with Crippen molar-refractivity contribution in [3.63, 3.8) is 0 Å². The molecule has 0 aromatic heterocycles. The maximum atomic E-state index is 12.0. The highest BCUT2D eigenvalue weighted by atomic mass is 35.5. The van der Waals surface area contributed by atoms with Gasteiger partial charge in [-0.2, -0.15) is 0 Å². The molecule has 1 aromatic carbocycles. The number of carbonyl (C=O) groups excluding carboxylic acids is 1. The van der Waals surface area contributed by atoms with Gasteiger partial charge >= 0.3 is 0 Å². The van der Waals surface area contributed by atoms with E-state index >= 15 is 0 Å². The third kappa shape index (κ3) is 4.71. The molecule has 1 aromatic rings. The standard InChI is InChI=1S/C16H23ClN2O/c1-12-10-13(17)8-9-15(12)18-11-16(20)19-14-6-4-2-3-5-7-14/h8-10,14,18H,2-7,11H2,1H3,(H,19,20). The van der Waals surface area contributed by atoms with Crippen molar-refractivity contribution in [2.75, 3.05) is 11.9 Å².